The first-order valence-electron chi connectivity index (χ1n) is 8.19. The predicted molar refractivity (Wildman–Crippen MR) is 103 cm³/mol. The van der Waals surface area contributed by atoms with Crippen molar-refractivity contribution < 1.29 is 18.3 Å². The lowest BCUT2D eigenvalue weighted by Gasteiger charge is -2.17. The zero-order chi connectivity index (χ0) is 19.3. The van der Waals surface area contributed by atoms with Crippen LogP contribution >= 0.6 is 11.3 Å². The van der Waals surface area contributed by atoms with Crippen LogP contribution in [0.4, 0.5) is 0 Å². The Bertz CT molecular complexity index is 932. The van der Waals surface area contributed by atoms with Gasteiger partial charge in [0.25, 0.3) is 10.0 Å². The standard InChI is InChI=1S/C19H21NO4S2/c1-4-14-5-7-15(8-6-14)9-10-16-11-12-17(25-16)26(23,24)20-18(13(2)3)19(21)22/h5-8,11-13,18,20H,4H2,1-3H3,(H,21,22). The van der Waals surface area contributed by atoms with Crippen molar-refractivity contribution >= 4 is 27.3 Å². The second-order valence-electron chi connectivity index (χ2n) is 6.10. The van der Waals surface area contributed by atoms with Crippen molar-refractivity contribution in [1.82, 2.24) is 4.72 Å². The van der Waals surface area contributed by atoms with Gasteiger partial charge >= 0.3 is 5.97 Å². The normalized spacial score (nSPS) is 12.5. The number of aryl methyl sites for hydroxylation is 1. The maximum atomic E-state index is 12.4. The first-order chi connectivity index (χ1) is 12.2. The molecule has 2 N–H and O–H groups in total. The van der Waals surface area contributed by atoms with Crippen molar-refractivity contribution in [2.75, 3.05) is 0 Å². The van der Waals surface area contributed by atoms with E-state index in [1.165, 1.54) is 11.6 Å². The van der Waals surface area contributed by atoms with Crippen molar-refractivity contribution in [2.45, 2.75) is 37.4 Å². The summed E-state index contributed by atoms with van der Waals surface area (Å²) in [5, 5.41) is 9.16. The van der Waals surface area contributed by atoms with Gasteiger partial charge in [-0.25, -0.2) is 8.42 Å². The highest BCUT2D eigenvalue weighted by Crippen LogP contribution is 2.22. The van der Waals surface area contributed by atoms with Gasteiger partial charge in [-0.05, 0) is 42.2 Å². The lowest BCUT2D eigenvalue weighted by Crippen LogP contribution is -2.43. The zero-order valence-corrected chi connectivity index (χ0v) is 16.4. The van der Waals surface area contributed by atoms with Crippen LogP contribution in [0.2, 0.25) is 0 Å². The molecule has 0 aliphatic carbocycles. The van der Waals surface area contributed by atoms with E-state index in [2.05, 4.69) is 23.5 Å². The second kappa shape index (κ2) is 8.49. The Labute approximate surface area is 158 Å². The molecule has 1 atom stereocenters. The number of carbonyl (C=O) groups is 1. The number of thiophene rings is 1. The Morgan fingerprint density at radius 3 is 2.35 bits per heavy atom. The Morgan fingerprint density at radius 2 is 1.81 bits per heavy atom. The topological polar surface area (TPSA) is 83.5 Å². The third-order valence-corrected chi connectivity index (χ3v) is 6.69. The summed E-state index contributed by atoms with van der Waals surface area (Å²) in [4.78, 5) is 11.8. The van der Waals surface area contributed by atoms with E-state index in [0.29, 0.717) is 4.88 Å². The molecular weight excluding hydrogens is 370 g/mol. The summed E-state index contributed by atoms with van der Waals surface area (Å²) in [6.45, 7) is 5.38. The number of nitrogens with one attached hydrogen (secondary N) is 1. The number of carboxylic acid groups (broad SMARTS) is 1. The Balaban J connectivity index is 2.18. The van der Waals surface area contributed by atoms with Crippen LogP contribution in [0.3, 0.4) is 0 Å². The highest BCUT2D eigenvalue weighted by Gasteiger charge is 2.28. The summed E-state index contributed by atoms with van der Waals surface area (Å²) in [7, 11) is -3.90. The summed E-state index contributed by atoms with van der Waals surface area (Å²) >= 11 is 1.02. The molecule has 0 saturated carbocycles. The molecular formula is C19H21NO4S2. The molecule has 1 aromatic heterocycles. The molecule has 138 valence electrons. The molecule has 0 bridgehead atoms. The summed E-state index contributed by atoms with van der Waals surface area (Å²) in [6, 6.07) is 9.77. The number of rotatable bonds is 6. The van der Waals surface area contributed by atoms with Gasteiger partial charge in [0.15, 0.2) is 0 Å². The van der Waals surface area contributed by atoms with Crippen LogP contribution in [0.25, 0.3) is 0 Å². The minimum Gasteiger partial charge on any atom is -0.480 e. The maximum Gasteiger partial charge on any atom is 0.322 e. The fourth-order valence-corrected chi connectivity index (χ4v) is 4.70. The van der Waals surface area contributed by atoms with Gasteiger partial charge in [0.1, 0.15) is 10.3 Å². The number of hydrogen-bond donors (Lipinski definition) is 2. The van der Waals surface area contributed by atoms with Crippen molar-refractivity contribution in [3.8, 4) is 11.8 Å². The van der Waals surface area contributed by atoms with E-state index in [1.807, 2.05) is 24.3 Å². The molecule has 1 heterocycles. The third-order valence-electron chi connectivity index (χ3n) is 3.75. The number of hydrogen-bond acceptors (Lipinski definition) is 4. The highest BCUT2D eigenvalue weighted by molar-refractivity contribution is 7.91. The lowest BCUT2D eigenvalue weighted by molar-refractivity contribution is -0.140. The van der Waals surface area contributed by atoms with Crippen LogP contribution in [0.1, 0.15) is 36.8 Å². The molecule has 2 rings (SSSR count). The van der Waals surface area contributed by atoms with E-state index >= 15 is 0 Å². The van der Waals surface area contributed by atoms with Crippen molar-refractivity contribution in [2.24, 2.45) is 5.92 Å². The van der Waals surface area contributed by atoms with Gasteiger partial charge < -0.3 is 5.11 Å². The highest BCUT2D eigenvalue weighted by atomic mass is 32.2. The maximum absolute atomic E-state index is 12.4. The first-order valence-corrected chi connectivity index (χ1v) is 10.5. The van der Waals surface area contributed by atoms with E-state index in [1.54, 1.807) is 19.9 Å². The fraction of sp³-hybridized carbons (Fsp3) is 0.316. The third kappa shape index (κ3) is 5.18. The van der Waals surface area contributed by atoms with Crippen molar-refractivity contribution in [3.63, 3.8) is 0 Å². The van der Waals surface area contributed by atoms with E-state index < -0.39 is 22.0 Å². The summed E-state index contributed by atoms with van der Waals surface area (Å²) in [5.41, 5.74) is 2.08. The minimum absolute atomic E-state index is 0.0510. The molecule has 0 aliphatic heterocycles. The molecule has 0 amide bonds. The number of carboxylic acids is 1. The number of sulfonamides is 1. The Morgan fingerprint density at radius 1 is 1.15 bits per heavy atom. The average molecular weight is 392 g/mol. The fourth-order valence-electron chi connectivity index (χ4n) is 2.19. The van der Waals surface area contributed by atoms with Crippen LogP contribution in [-0.2, 0) is 21.2 Å². The van der Waals surface area contributed by atoms with Gasteiger partial charge in [0.2, 0.25) is 0 Å². The Hall–Kier alpha value is -2.14. The SMILES string of the molecule is CCc1ccc(C#Cc2ccc(S(=O)(=O)NC(C(=O)O)C(C)C)s2)cc1. The lowest BCUT2D eigenvalue weighted by atomic mass is 10.1. The van der Waals surface area contributed by atoms with Crippen LogP contribution in [0.15, 0.2) is 40.6 Å². The monoisotopic (exact) mass is 391 g/mol. The molecule has 0 aliphatic rings. The van der Waals surface area contributed by atoms with Crippen LogP contribution < -0.4 is 4.72 Å². The summed E-state index contributed by atoms with van der Waals surface area (Å²) in [6.07, 6.45) is 0.959. The summed E-state index contributed by atoms with van der Waals surface area (Å²) in [5.74, 6) is 4.39. The van der Waals surface area contributed by atoms with Crippen molar-refractivity contribution in [3.05, 3.63) is 52.4 Å². The van der Waals surface area contributed by atoms with Crippen LogP contribution in [-0.4, -0.2) is 25.5 Å². The van der Waals surface area contributed by atoms with Gasteiger partial charge in [-0.2, -0.15) is 4.72 Å². The second-order valence-corrected chi connectivity index (χ2v) is 9.12. The number of aliphatic carboxylic acids is 1. The molecule has 0 radical (unpaired) electrons. The zero-order valence-electron chi connectivity index (χ0n) is 14.8. The average Bonchev–Trinajstić information content (AvgIpc) is 3.08. The van der Waals surface area contributed by atoms with Crippen molar-refractivity contribution in [1.29, 1.82) is 0 Å². The van der Waals surface area contributed by atoms with Gasteiger partial charge in [0, 0.05) is 5.56 Å². The molecule has 7 heteroatoms. The molecule has 0 saturated heterocycles. The van der Waals surface area contributed by atoms with E-state index in [-0.39, 0.29) is 10.1 Å². The molecule has 0 spiro atoms. The quantitative estimate of drug-likeness (QED) is 0.741. The largest absolute Gasteiger partial charge is 0.480 e. The van der Waals surface area contributed by atoms with Gasteiger partial charge in [-0.3, -0.25) is 4.79 Å². The van der Waals surface area contributed by atoms with Crippen LogP contribution in [0, 0.1) is 17.8 Å². The van der Waals surface area contributed by atoms with Gasteiger partial charge in [-0.15, -0.1) is 11.3 Å². The predicted octanol–water partition coefficient (Wildman–Crippen LogP) is 3.10. The molecule has 26 heavy (non-hydrogen) atoms. The number of benzene rings is 1. The smallest absolute Gasteiger partial charge is 0.322 e. The van der Waals surface area contributed by atoms with E-state index in [0.717, 1.165) is 23.3 Å². The first kappa shape index (κ1) is 20.2. The van der Waals surface area contributed by atoms with E-state index in [9.17, 15) is 13.2 Å². The molecule has 1 unspecified atom stereocenters. The molecule has 5 nitrogen and oxygen atoms in total. The van der Waals surface area contributed by atoms with Gasteiger partial charge in [-0.1, -0.05) is 44.7 Å². The molecule has 0 fully saturated rings. The Kier molecular flexibility index (Phi) is 6.59. The summed E-state index contributed by atoms with van der Waals surface area (Å²) < 4.78 is 27.1. The molecule has 2 aromatic rings. The van der Waals surface area contributed by atoms with E-state index in [4.69, 9.17) is 5.11 Å². The van der Waals surface area contributed by atoms with Gasteiger partial charge in [0.05, 0.1) is 4.88 Å². The molecule has 1 aromatic carbocycles. The minimum atomic E-state index is -3.90. The van der Waals surface area contributed by atoms with Crippen LogP contribution in [0.5, 0.6) is 0 Å².